The van der Waals surface area contributed by atoms with Crippen LogP contribution in [0.15, 0.2) is 48.7 Å². The quantitative estimate of drug-likeness (QED) is 0.674. The largest absolute Gasteiger partial charge is 0.497 e. The number of rotatable bonds is 6. The molecular weight excluding hydrogens is 356 g/mol. The Morgan fingerprint density at radius 2 is 1.86 bits per heavy atom. The average Bonchev–Trinajstić information content (AvgIpc) is 2.72. The number of amides is 1. The summed E-state index contributed by atoms with van der Waals surface area (Å²) < 4.78 is 11.2. The molecule has 0 bridgehead atoms. The number of hydrogen-bond donors (Lipinski definition) is 2. The van der Waals surface area contributed by atoms with E-state index in [4.69, 9.17) is 9.47 Å². The van der Waals surface area contributed by atoms with Crippen LogP contribution in [0.5, 0.6) is 17.4 Å². The van der Waals surface area contributed by atoms with E-state index in [1.807, 2.05) is 32.0 Å². The topological polar surface area (TPSA) is 85.4 Å². The van der Waals surface area contributed by atoms with Gasteiger partial charge >= 0.3 is 0 Å². The predicted octanol–water partition coefficient (Wildman–Crippen LogP) is 4.00. The van der Waals surface area contributed by atoms with Gasteiger partial charge in [-0.3, -0.25) is 4.79 Å². The van der Waals surface area contributed by atoms with E-state index in [-0.39, 0.29) is 5.91 Å². The summed E-state index contributed by atoms with van der Waals surface area (Å²) >= 11 is 0. The first-order valence-corrected chi connectivity index (χ1v) is 8.76. The summed E-state index contributed by atoms with van der Waals surface area (Å²) in [5, 5.41) is 5.79. The minimum atomic E-state index is -0.229. The number of anilines is 2. The molecule has 0 aliphatic heterocycles. The second kappa shape index (κ2) is 8.39. The normalized spacial score (nSPS) is 10.3. The van der Waals surface area contributed by atoms with Crippen LogP contribution in [0.1, 0.15) is 21.5 Å². The summed E-state index contributed by atoms with van der Waals surface area (Å²) in [4.78, 5) is 20.9. The Morgan fingerprint density at radius 3 is 2.61 bits per heavy atom. The van der Waals surface area contributed by atoms with E-state index in [0.29, 0.717) is 23.1 Å². The highest BCUT2D eigenvalue weighted by atomic mass is 16.5. The summed E-state index contributed by atoms with van der Waals surface area (Å²) in [5.41, 5.74) is 3.04. The molecule has 0 fully saturated rings. The number of aryl methyl sites for hydroxylation is 2. The lowest BCUT2D eigenvalue weighted by Gasteiger charge is -2.13. The maximum atomic E-state index is 12.1. The van der Waals surface area contributed by atoms with Gasteiger partial charge in [0.15, 0.2) is 0 Å². The van der Waals surface area contributed by atoms with Crippen LogP contribution in [0.3, 0.4) is 0 Å². The Balaban J connectivity index is 1.90. The van der Waals surface area contributed by atoms with Gasteiger partial charge in [-0.15, -0.1) is 0 Å². The van der Waals surface area contributed by atoms with Crippen molar-refractivity contribution in [1.29, 1.82) is 0 Å². The highest BCUT2D eigenvalue weighted by molar-refractivity contribution is 5.96. The van der Waals surface area contributed by atoms with Crippen LogP contribution >= 0.6 is 0 Å². The third-order valence-corrected chi connectivity index (χ3v) is 4.18. The zero-order chi connectivity index (χ0) is 20.1. The van der Waals surface area contributed by atoms with Crippen molar-refractivity contribution in [2.45, 2.75) is 13.8 Å². The monoisotopic (exact) mass is 378 g/mol. The number of ether oxygens (including phenoxy) is 2. The summed E-state index contributed by atoms with van der Waals surface area (Å²) in [6.07, 6.45) is 1.67. The first kappa shape index (κ1) is 19.2. The summed E-state index contributed by atoms with van der Waals surface area (Å²) in [6.45, 7) is 3.82. The van der Waals surface area contributed by atoms with Crippen LogP contribution in [0.4, 0.5) is 11.6 Å². The summed E-state index contributed by atoms with van der Waals surface area (Å²) in [6, 6.07) is 12.7. The fourth-order valence-electron chi connectivity index (χ4n) is 2.56. The highest BCUT2D eigenvalue weighted by Gasteiger charge is 2.14. The smallest absolute Gasteiger partial charge is 0.254 e. The molecule has 7 heteroatoms. The number of aromatic nitrogens is 2. The molecule has 144 valence electrons. The molecule has 28 heavy (non-hydrogen) atoms. The average molecular weight is 378 g/mol. The molecule has 0 saturated carbocycles. The fraction of sp³-hybridized carbons (Fsp3) is 0.190. The van der Waals surface area contributed by atoms with Crippen molar-refractivity contribution < 1.29 is 14.3 Å². The minimum Gasteiger partial charge on any atom is -0.497 e. The Hall–Kier alpha value is -3.61. The van der Waals surface area contributed by atoms with Crippen LogP contribution in [-0.2, 0) is 0 Å². The van der Waals surface area contributed by atoms with E-state index in [1.54, 1.807) is 44.6 Å². The molecule has 3 aromatic rings. The van der Waals surface area contributed by atoms with Crippen molar-refractivity contribution in [3.63, 3.8) is 0 Å². The predicted molar refractivity (Wildman–Crippen MR) is 108 cm³/mol. The van der Waals surface area contributed by atoms with Gasteiger partial charge in [-0.2, -0.15) is 4.98 Å². The van der Waals surface area contributed by atoms with Gasteiger partial charge in [-0.05, 0) is 37.6 Å². The third-order valence-electron chi connectivity index (χ3n) is 4.18. The van der Waals surface area contributed by atoms with Crippen molar-refractivity contribution >= 4 is 17.5 Å². The molecule has 3 rings (SSSR count). The van der Waals surface area contributed by atoms with Crippen LogP contribution in [0.25, 0.3) is 0 Å². The number of hydrogen-bond acceptors (Lipinski definition) is 6. The number of para-hydroxylation sites is 1. The molecule has 0 aliphatic rings. The molecule has 1 aromatic heterocycles. The first-order valence-electron chi connectivity index (χ1n) is 8.76. The van der Waals surface area contributed by atoms with Gasteiger partial charge in [0.1, 0.15) is 11.5 Å². The summed E-state index contributed by atoms with van der Waals surface area (Å²) in [5.74, 6) is 1.68. The highest BCUT2D eigenvalue weighted by Crippen LogP contribution is 2.28. The Bertz CT molecular complexity index is 1000. The molecule has 0 aliphatic carbocycles. The standard InChI is InChI=1S/C21H22N4O3/c1-13-9-10-15(27-4)11-17(13)24-21-23-12-14(2)20(25-21)28-18-8-6-5-7-16(18)19(26)22-3/h5-12H,1-4H3,(H,22,26)(H,23,24,25). The lowest BCUT2D eigenvalue weighted by molar-refractivity contribution is 0.0960. The lowest BCUT2D eigenvalue weighted by atomic mass is 10.2. The van der Waals surface area contributed by atoms with Gasteiger partial charge in [0.05, 0.1) is 12.7 Å². The van der Waals surface area contributed by atoms with Crippen molar-refractivity contribution in [2.24, 2.45) is 0 Å². The summed E-state index contributed by atoms with van der Waals surface area (Å²) in [7, 11) is 3.19. The number of carbonyl (C=O) groups is 1. The molecule has 0 radical (unpaired) electrons. The van der Waals surface area contributed by atoms with Gasteiger partial charge < -0.3 is 20.1 Å². The van der Waals surface area contributed by atoms with E-state index in [2.05, 4.69) is 20.6 Å². The number of benzene rings is 2. The second-order valence-electron chi connectivity index (χ2n) is 6.16. The minimum absolute atomic E-state index is 0.229. The maximum Gasteiger partial charge on any atom is 0.254 e. The zero-order valence-corrected chi connectivity index (χ0v) is 16.2. The SMILES string of the molecule is CNC(=O)c1ccccc1Oc1nc(Nc2cc(OC)ccc2C)ncc1C. The first-order chi connectivity index (χ1) is 13.5. The van der Waals surface area contributed by atoms with E-state index < -0.39 is 0 Å². The van der Waals surface area contributed by atoms with E-state index >= 15 is 0 Å². The van der Waals surface area contributed by atoms with Crippen molar-refractivity contribution in [2.75, 3.05) is 19.5 Å². The molecular formula is C21H22N4O3. The fourth-order valence-corrected chi connectivity index (χ4v) is 2.56. The van der Waals surface area contributed by atoms with E-state index in [0.717, 1.165) is 22.6 Å². The third kappa shape index (κ3) is 4.20. The number of nitrogens with zero attached hydrogens (tertiary/aromatic N) is 2. The second-order valence-corrected chi connectivity index (χ2v) is 6.16. The van der Waals surface area contributed by atoms with Crippen molar-refractivity contribution in [3.05, 3.63) is 65.4 Å². The molecule has 1 amide bonds. The van der Waals surface area contributed by atoms with Gasteiger partial charge in [0.25, 0.3) is 5.91 Å². The number of methoxy groups -OCH3 is 1. The van der Waals surface area contributed by atoms with Crippen LogP contribution in [0.2, 0.25) is 0 Å². The van der Waals surface area contributed by atoms with Gasteiger partial charge in [0.2, 0.25) is 11.8 Å². The molecule has 1 heterocycles. The lowest BCUT2D eigenvalue weighted by Crippen LogP contribution is -2.18. The van der Waals surface area contributed by atoms with Crippen LogP contribution in [-0.4, -0.2) is 30.0 Å². The van der Waals surface area contributed by atoms with Crippen molar-refractivity contribution in [1.82, 2.24) is 15.3 Å². The maximum absolute atomic E-state index is 12.1. The van der Waals surface area contributed by atoms with E-state index in [9.17, 15) is 4.79 Å². The number of nitrogens with one attached hydrogen (secondary N) is 2. The molecule has 2 aromatic carbocycles. The molecule has 0 saturated heterocycles. The van der Waals surface area contributed by atoms with Crippen LogP contribution < -0.4 is 20.1 Å². The Morgan fingerprint density at radius 1 is 1.07 bits per heavy atom. The van der Waals surface area contributed by atoms with Gasteiger partial charge in [0, 0.05) is 30.6 Å². The molecule has 7 nitrogen and oxygen atoms in total. The molecule has 0 atom stereocenters. The zero-order valence-electron chi connectivity index (χ0n) is 16.2. The number of carbonyl (C=O) groups excluding carboxylic acids is 1. The van der Waals surface area contributed by atoms with Gasteiger partial charge in [-0.25, -0.2) is 4.98 Å². The van der Waals surface area contributed by atoms with Gasteiger partial charge in [-0.1, -0.05) is 18.2 Å². The molecule has 0 unspecified atom stereocenters. The molecule has 2 N–H and O–H groups in total. The van der Waals surface area contributed by atoms with Crippen LogP contribution in [0, 0.1) is 13.8 Å². The molecule has 0 spiro atoms. The Kier molecular flexibility index (Phi) is 5.74. The van der Waals surface area contributed by atoms with E-state index in [1.165, 1.54) is 0 Å². The van der Waals surface area contributed by atoms with Crippen molar-refractivity contribution in [3.8, 4) is 17.4 Å². The Labute approximate surface area is 163 Å².